The van der Waals surface area contributed by atoms with Crippen molar-refractivity contribution < 1.29 is 4.79 Å². The number of para-hydroxylation sites is 1. The van der Waals surface area contributed by atoms with Crippen molar-refractivity contribution in [1.82, 2.24) is 0 Å². The van der Waals surface area contributed by atoms with Crippen molar-refractivity contribution in [2.75, 3.05) is 5.32 Å². The molecule has 0 aliphatic carbocycles. The maximum Gasteiger partial charge on any atom is 0.228 e. The van der Waals surface area contributed by atoms with Crippen molar-refractivity contribution in [2.45, 2.75) is 30.4 Å². The highest BCUT2D eigenvalue weighted by Gasteiger charge is 2.07. The highest BCUT2D eigenvalue weighted by Crippen LogP contribution is 2.23. The van der Waals surface area contributed by atoms with Crippen LogP contribution >= 0.6 is 11.8 Å². The number of hydrogen-bond donors (Lipinski definition) is 1. The summed E-state index contributed by atoms with van der Waals surface area (Å²) in [4.78, 5) is 13.3. The molecule has 0 heterocycles. The van der Waals surface area contributed by atoms with E-state index in [0.29, 0.717) is 22.9 Å². The second-order valence-corrected chi connectivity index (χ2v) is 6.84. The zero-order chi connectivity index (χ0) is 15.9. The second kappa shape index (κ2) is 7.67. The smallest absolute Gasteiger partial charge is 0.228 e. The fraction of sp³-hybridized carbons (Fsp3) is 0.222. The van der Waals surface area contributed by atoms with Gasteiger partial charge in [0.2, 0.25) is 5.91 Å². The van der Waals surface area contributed by atoms with Crippen LogP contribution in [0.15, 0.2) is 53.4 Å². The fourth-order valence-corrected chi connectivity index (χ4v) is 2.86. The molecule has 0 saturated heterocycles. The summed E-state index contributed by atoms with van der Waals surface area (Å²) >= 11 is 1.80. The van der Waals surface area contributed by atoms with E-state index in [1.54, 1.807) is 36.0 Å². The molecule has 0 spiro atoms. The molecule has 3 nitrogen and oxygen atoms in total. The number of hydrogen-bond acceptors (Lipinski definition) is 3. The van der Waals surface area contributed by atoms with Crippen LogP contribution in [0, 0.1) is 11.3 Å². The number of nitrogens with one attached hydrogen (secondary N) is 1. The van der Waals surface area contributed by atoms with Gasteiger partial charge in [-0.2, -0.15) is 5.26 Å². The van der Waals surface area contributed by atoms with E-state index in [1.807, 2.05) is 24.3 Å². The Hall–Kier alpha value is -2.25. The highest BCUT2D eigenvalue weighted by molar-refractivity contribution is 7.99. The van der Waals surface area contributed by atoms with Gasteiger partial charge in [0.05, 0.1) is 17.7 Å². The Kier molecular flexibility index (Phi) is 5.62. The van der Waals surface area contributed by atoms with Gasteiger partial charge in [0.1, 0.15) is 6.07 Å². The third kappa shape index (κ3) is 4.64. The van der Waals surface area contributed by atoms with E-state index in [1.165, 1.54) is 4.90 Å². The molecule has 112 valence electrons. The van der Waals surface area contributed by atoms with E-state index >= 15 is 0 Å². The Morgan fingerprint density at radius 2 is 1.86 bits per heavy atom. The second-order valence-electron chi connectivity index (χ2n) is 5.19. The molecule has 2 aromatic rings. The standard InChI is InChI=1S/C18H18N2OS/c1-13(2)22-16-9-7-14(8-10-16)11-18(21)20-17-6-4-3-5-15(17)12-19/h3-10,13H,11H2,1-2H3,(H,20,21). The normalized spacial score (nSPS) is 10.3. The minimum Gasteiger partial charge on any atom is -0.325 e. The molecule has 0 aromatic heterocycles. The lowest BCUT2D eigenvalue weighted by Gasteiger charge is -2.08. The number of anilines is 1. The predicted molar refractivity (Wildman–Crippen MR) is 90.9 cm³/mol. The van der Waals surface area contributed by atoms with E-state index in [0.717, 1.165) is 5.56 Å². The van der Waals surface area contributed by atoms with Gasteiger partial charge in [0, 0.05) is 10.1 Å². The number of rotatable bonds is 5. The Bertz CT molecular complexity index is 687. The van der Waals surface area contributed by atoms with Crippen LogP contribution in [0.2, 0.25) is 0 Å². The lowest BCUT2D eigenvalue weighted by molar-refractivity contribution is -0.115. The Morgan fingerprint density at radius 3 is 2.50 bits per heavy atom. The van der Waals surface area contributed by atoms with Crippen molar-refractivity contribution in [1.29, 1.82) is 5.26 Å². The zero-order valence-corrected chi connectivity index (χ0v) is 13.5. The minimum atomic E-state index is -0.119. The third-order valence-electron chi connectivity index (χ3n) is 2.98. The molecule has 4 heteroatoms. The quantitative estimate of drug-likeness (QED) is 0.840. The van der Waals surface area contributed by atoms with Crippen LogP contribution in [0.1, 0.15) is 25.0 Å². The third-order valence-corrected chi connectivity index (χ3v) is 4.00. The molecular weight excluding hydrogens is 292 g/mol. The van der Waals surface area contributed by atoms with Gasteiger partial charge >= 0.3 is 0 Å². The van der Waals surface area contributed by atoms with E-state index in [-0.39, 0.29) is 5.91 Å². The summed E-state index contributed by atoms with van der Waals surface area (Å²) in [6.45, 7) is 4.30. The molecule has 0 saturated carbocycles. The molecule has 2 rings (SSSR count). The van der Waals surface area contributed by atoms with Crippen LogP contribution in [0.5, 0.6) is 0 Å². The van der Waals surface area contributed by atoms with Crippen molar-refractivity contribution >= 4 is 23.4 Å². The first-order chi connectivity index (χ1) is 10.6. The van der Waals surface area contributed by atoms with Crippen LogP contribution in [0.4, 0.5) is 5.69 Å². The summed E-state index contributed by atoms with van der Waals surface area (Å²) in [6, 6.07) is 17.1. The molecule has 0 atom stereocenters. The Morgan fingerprint density at radius 1 is 1.18 bits per heavy atom. The topological polar surface area (TPSA) is 52.9 Å². The van der Waals surface area contributed by atoms with Gasteiger partial charge in [-0.25, -0.2) is 0 Å². The van der Waals surface area contributed by atoms with Crippen LogP contribution < -0.4 is 5.32 Å². The van der Waals surface area contributed by atoms with E-state index < -0.39 is 0 Å². The van der Waals surface area contributed by atoms with Gasteiger partial charge in [0.25, 0.3) is 0 Å². The number of carbonyl (C=O) groups excluding carboxylic acids is 1. The van der Waals surface area contributed by atoms with Gasteiger partial charge in [-0.15, -0.1) is 11.8 Å². The van der Waals surface area contributed by atoms with Crippen molar-refractivity contribution in [3.05, 3.63) is 59.7 Å². The number of nitrogens with zero attached hydrogens (tertiary/aromatic N) is 1. The number of amides is 1. The molecule has 1 N–H and O–H groups in total. The number of nitriles is 1. The minimum absolute atomic E-state index is 0.119. The molecule has 0 bridgehead atoms. The summed E-state index contributed by atoms with van der Waals surface area (Å²) in [7, 11) is 0. The molecule has 2 aromatic carbocycles. The summed E-state index contributed by atoms with van der Waals surface area (Å²) in [6.07, 6.45) is 0.298. The summed E-state index contributed by atoms with van der Waals surface area (Å²) < 4.78 is 0. The van der Waals surface area contributed by atoms with Crippen LogP contribution in [-0.4, -0.2) is 11.2 Å². The maximum absolute atomic E-state index is 12.1. The lowest BCUT2D eigenvalue weighted by Crippen LogP contribution is -2.15. The summed E-state index contributed by atoms with van der Waals surface area (Å²) in [5.41, 5.74) is 1.99. The molecule has 22 heavy (non-hydrogen) atoms. The monoisotopic (exact) mass is 310 g/mol. The zero-order valence-electron chi connectivity index (χ0n) is 12.7. The number of carbonyl (C=O) groups is 1. The number of benzene rings is 2. The number of thioether (sulfide) groups is 1. The predicted octanol–water partition coefficient (Wildman–Crippen LogP) is 4.24. The average molecular weight is 310 g/mol. The first-order valence-electron chi connectivity index (χ1n) is 7.13. The molecule has 0 aliphatic heterocycles. The van der Waals surface area contributed by atoms with Gasteiger partial charge in [-0.05, 0) is 29.8 Å². The molecule has 0 radical (unpaired) electrons. The molecular formula is C18H18N2OS. The van der Waals surface area contributed by atoms with E-state index in [2.05, 4.69) is 25.2 Å². The molecule has 0 fully saturated rings. The van der Waals surface area contributed by atoms with Crippen LogP contribution in [0.25, 0.3) is 0 Å². The molecule has 0 unspecified atom stereocenters. The van der Waals surface area contributed by atoms with Crippen molar-refractivity contribution in [2.24, 2.45) is 0 Å². The fourth-order valence-electron chi connectivity index (χ4n) is 2.03. The SMILES string of the molecule is CC(C)Sc1ccc(CC(=O)Nc2ccccc2C#N)cc1. The van der Waals surface area contributed by atoms with Crippen LogP contribution in [0.3, 0.4) is 0 Å². The largest absolute Gasteiger partial charge is 0.325 e. The maximum atomic E-state index is 12.1. The van der Waals surface area contributed by atoms with Gasteiger partial charge < -0.3 is 5.32 Å². The van der Waals surface area contributed by atoms with E-state index in [4.69, 9.17) is 5.26 Å². The van der Waals surface area contributed by atoms with Gasteiger partial charge in [-0.1, -0.05) is 38.1 Å². The molecule has 1 amide bonds. The Balaban J connectivity index is 1.99. The summed E-state index contributed by atoms with van der Waals surface area (Å²) in [5.74, 6) is -0.119. The lowest BCUT2D eigenvalue weighted by atomic mass is 10.1. The van der Waals surface area contributed by atoms with Crippen LogP contribution in [-0.2, 0) is 11.2 Å². The van der Waals surface area contributed by atoms with Gasteiger partial charge in [0.15, 0.2) is 0 Å². The van der Waals surface area contributed by atoms with Crippen molar-refractivity contribution in [3.63, 3.8) is 0 Å². The van der Waals surface area contributed by atoms with Crippen molar-refractivity contribution in [3.8, 4) is 6.07 Å². The average Bonchev–Trinajstić information content (AvgIpc) is 2.49. The van der Waals surface area contributed by atoms with Gasteiger partial charge in [-0.3, -0.25) is 4.79 Å². The first-order valence-corrected chi connectivity index (χ1v) is 8.01. The molecule has 0 aliphatic rings. The highest BCUT2D eigenvalue weighted by atomic mass is 32.2. The Labute approximate surface area is 135 Å². The van der Waals surface area contributed by atoms with E-state index in [9.17, 15) is 4.79 Å². The first kappa shape index (κ1) is 16.1. The summed E-state index contributed by atoms with van der Waals surface area (Å²) in [5, 5.41) is 12.3.